The Kier molecular flexibility index (Phi) is 5.39. The van der Waals surface area contributed by atoms with Crippen LogP contribution in [0.1, 0.15) is 51.9 Å². The lowest BCUT2D eigenvalue weighted by atomic mass is 9.97. The SMILES string of the molecule is CCc1nccn1C1CCCN(C(=O)C(N)C(C)CC)C1. The van der Waals surface area contributed by atoms with E-state index in [1.165, 1.54) is 0 Å². The zero-order valence-electron chi connectivity index (χ0n) is 13.5. The summed E-state index contributed by atoms with van der Waals surface area (Å²) in [6.07, 6.45) is 7.88. The number of hydrogen-bond acceptors (Lipinski definition) is 3. The van der Waals surface area contributed by atoms with Crippen molar-refractivity contribution in [3.8, 4) is 0 Å². The minimum atomic E-state index is -0.373. The lowest BCUT2D eigenvalue weighted by molar-refractivity contribution is -0.135. The standard InChI is InChI=1S/C16H28N4O/c1-4-12(3)15(17)16(21)19-9-6-7-13(11-19)20-10-8-18-14(20)5-2/h8,10,12-13,15H,4-7,9,11,17H2,1-3H3. The highest BCUT2D eigenvalue weighted by Gasteiger charge is 2.30. The Morgan fingerprint density at radius 3 is 2.95 bits per heavy atom. The highest BCUT2D eigenvalue weighted by atomic mass is 16.2. The number of hydrogen-bond donors (Lipinski definition) is 1. The molecule has 2 heterocycles. The van der Waals surface area contributed by atoms with E-state index < -0.39 is 0 Å². The normalized spacial score (nSPS) is 22.1. The number of carbonyl (C=O) groups excluding carboxylic acids is 1. The summed E-state index contributed by atoms with van der Waals surface area (Å²) in [5.41, 5.74) is 6.11. The Labute approximate surface area is 127 Å². The number of nitrogens with two attached hydrogens (primary N) is 1. The van der Waals surface area contributed by atoms with Gasteiger partial charge in [0.15, 0.2) is 0 Å². The number of aromatic nitrogens is 2. The molecule has 1 fully saturated rings. The number of imidazole rings is 1. The summed E-state index contributed by atoms with van der Waals surface area (Å²) in [7, 11) is 0. The highest BCUT2D eigenvalue weighted by molar-refractivity contribution is 5.82. The van der Waals surface area contributed by atoms with Gasteiger partial charge in [-0.1, -0.05) is 27.2 Å². The summed E-state index contributed by atoms with van der Waals surface area (Å²) in [6, 6.07) is -0.0357. The van der Waals surface area contributed by atoms with Gasteiger partial charge >= 0.3 is 0 Å². The highest BCUT2D eigenvalue weighted by Crippen LogP contribution is 2.24. The summed E-state index contributed by atoms with van der Waals surface area (Å²) >= 11 is 0. The van der Waals surface area contributed by atoms with Crippen molar-refractivity contribution in [2.75, 3.05) is 13.1 Å². The summed E-state index contributed by atoms with van der Waals surface area (Å²) in [6.45, 7) is 7.83. The van der Waals surface area contributed by atoms with Crippen molar-refractivity contribution in [2.24, 2.45) is 11.7 Å². The van der Waals surface area contributed by atoms with Gasteiger partial charge in [0.1, 0.15) is 5.82 Å². The lowest BCUT2D eigenvalue weighted by Gasteiger charge is -2.36. The van der Waals surface area contributed by atoms with E-state index in [0.29, 0.717) is 6.04 Å². The van der Waals surface area contributed by atoms with E-state index >= 15 is 0 Å². The first-order chi connectivity index (χ1) is 10.1. The third kappa shape index (κ3) is 3.46. The molecule has 0 aromatic carbocycles. The molecule has 1 saturated heterocycles. The molecule has 5 heteroatoms. The second kappa shape index (κ2) is 7.07. The van der Waals surface area contributed by atoms with E-state index in [4.69, 9.17) is 5.73 Å². The van der Waals surface area contributed by atoms with E-state index in [1.807, 2.05) is 17.3 Å². The van der Waals surface area contributed by atoms with Gasteiger partial charge in [-0.15, -0.1) is 0 Å². The Morgan fingerprint density at radius 1 is 1.52 bits per heavy atom. The minimum absolute atomic E-state index is 0.104. The average Bonchev–Trinajstić information content (AvgIpc) is 3.01. The van der Waals surface area contributed by atoms with Crippen molar-refractivity contribution in [1.29, 1.82) is 0 Å². The molecule has 1 amide bonds. The van der Waals surface area contributed by atoms with Gasteiger partial charge < -0.3 is 15.2 Å². The molecule has 1 aliphatic heterocycles. The third-order valence-electron chi connectivity index (χ3n) is 4.71. The van der Waals surface area contributed by atoms with Crippen LogP contribution in [-0.2, 0) is 11.2 Å². The van der Waals surface area contributed by atoms with Crippen molar-refractivity contribution >= 4 is 5.91 Å². The molecular formula is C16H28N4O. The van der Waals surface area contributed by atoms with Crippen LogP contribution in [0.3, 0.4) is 0 Å². The van der Waals surface area contributed by atoms with Gasteiger partial charge in [0.2, 0.25) is 5.91 Å². The first kappa shape index (κ1) is 16.0. The molecule has 0 aliphatic carbocycles. The smallest absolute Gasteiger partial charge is 0.239 e. The molecule has 21 heavy (non-hydrogen) atoms. The van der Waals surface area contributed by atoms with Gasteiger partial charge in [-0.2, -0.15) is 0 Å². The van der Waals surface area contributed by atoms with Gasteiger partial charge in [-0.25, -0.2) is 4.98 Å². The minimum Gasteiger partial charge on any atom is -0.339 e. The molecule has 0 spiro atoms. The quantitative estimate of drug-likeness (QED) is 0.902. The molecule has 2 N–H and O–H groups in total. The zero-order valence-corrected chi connectivity index (χ0v) is 13.5. The molecular weight excluding hydrogens is 264 g/mol. The van der Waals surface area contributed by atoms with Crippen LogP contribution in [0, 0.1) is 5.92 Å². The zero-order chi connectivity index (χ0) is 15.4. The van der Waals surface area contributed by atoms with E-state index in [2.05, 4.69) is 30.3 Å². The lowest BCUT2D eigenvalue weighted by Crippen LogP contribution is -2.50. The Bertz CT molecular complexity index is 471. The molecule has 2 rings (SSSR count). The molecule has 1 aliphatic rings. The first-order valence-electron chi connectivity index (χ1n) is 8.14. The average molecular weight is 292 g/mol. The Hall–Kier alpha value is -1.36. The van der Waals surface area contributed by atoms with Gasteiger partial charge in [0.05, 0.1) is 12.1 Å². The van der Waals surface area contributed by atoms with E-state index in [9.17, 15) is 4.79 Å². The number of amides is 1. The van der Waals surface area contributed by atoms with Gasteiger partial charge in [-0.05, 0) is 18.8 Å². The molecule has 3 atom stereocenters. The van der Waals surface area contributed by atoms with Gasteiger partial charge in [0, 0.05) is 31.9 Å². The fraction of sp³-hybridized carbons (Fsp3) is 0.750. The third-order valence-corrected chi connectivity index (χ3v) is 4.71. The van der Waals surface area contributed by atoms with Crippen LogP contribution in [0.25, 0.3) is 0 Å². The van der Waals surface area contributed by atoms with Crippen molar-refractivity contribution in [2.45, 2.75) is 58.5 Å². The van der Waals surface area contributed by atoms with Crippen LogP contribution in [-0.4, -0.2) is 39.5 Å². The van der Waals surface area contributed by atoms with E-state index in [-0.39, 0.29) is 17.9 Å². The number of carbonyl (C=O) groups is 1. The summed E-state index contributed by atoms with van der Waals surface area (Å²) < 4.78 is 2.23. The second-order valence-corrected chi connectivity index (χ2v) is 6.10. The number of likely N-dealkylation sites (tertiary alicyclic amines) is 1. The van der Waals surface area contributed by atoms with Gasteiger partial charge in [-0.3, -0.25) is 4.79 Å². The summed E-state index contributed by atoms with van der Waals surface area (Å²) in [4.78, 5) is 18.9. The predicted molar refractivity (Wildman–Crippen MR) is 83.9 cm³/mol. The maximum atomic E-state index is 12.5. The van der Waals surface area contributed by atoms with Crippen molar-refractivity contribution in [1.82, 2.24) is 14.5 Å². The fourth-order valence-corrected chi connectivity index (χ4v) is 3.04. The van der Waals surface area contributed by atoms with Crippen LogP contribution >= 0.6 is 0 Å². The summed E-state index contributed by atoms with van der Waals surface area (Å²) in [5, 5.41) is 0. The summed E-state index contributed by atoms with van der Waals surface area (Å²) in [5.74, 6) is 1.44. The number of piperidine rings is 1. The molecule has 118 valence electrons. The van der Waals surface area contributed by atoms with E-state index in [1.54, 1.807) is 0 Å². The molecule has 1 aromatic heterocycles. The maximum absolute atomic E-state index is 12.5. The molecule has 3 unspecified atom stereocenters. The first-order valence-corrected chi connectivity index (χ1v) is 8.14. The fourth-order valence-electron chi connectivity index (χ4n) is 3.04. The number of rotatable bonds is 5. The van der Waals surface area contributed by atoms with Crippen molar-refractivity contribution in [3.63, 3.8) is 0 Å². The van der Waals surface area contributed by atoms with Crippen molar-refractivity contribution in [3.05, 3.63) is 18.2 Å². The predicted octanol–water partition coefficient (Wildman–Crippen LogP) is 1.98. The van der Waals surface area contributed by atoms with Gasteiger partial charge in [0.25, 0.3) is 0 Å². The molecule has 0 saturated carbocycles. The molecule has 0 radical (unpaired) electrons. The van der Waals surface area contributed by atoms with Crippen LogP contribution < -0.4 is 5.73 Å². The van der Waals surface area contributed by atoms with Crippen LogP contribution in [0.2, 0.25) is 0 Å². The number of nitrogens with zero attached hydrogens (tertiary/aromatic N) is 3. The Balaban J connectivity index is 2.05. The van der Waals surface area contributed by atoms with Crippen molar-refractivity contribution < 1.29 is 4.79 Å². The number of aryl methyl sites for hydroxylation is 1. The Morgan fingerprint density at radius 2 is 2.29 bits per heavy atom. The maximum Gasteiger partial charge on any atom is 0.239 e. The molecule has 0 bridgehead atoms. The largest absolute Gasteiger partial charge is 0.339 e. The topological polar surface area (TPSA) is 64.2 Å². The van der Waals surface area contributed by atoms with Crippen LogP contribution in [0.5, 0.6) is 0 Å². The van der Waals surface area contributed by atoms with E-state index in [0.717, 1.165) is 44.6 Å². The molecule has 1 aromatic rings. The van der Waals surface area contributed by atoms with Crippen LogP contribution in [0.15, 0.2) is 12.4 Å². The molecule has 5 nitrogen and oxygen atoms in total. The van der Waals surface area contributed by atoms with Crippen LogP contribution in [0.4, 0.5) is 0 Å². The monoisotopic (exact) mass is 292 g/mol. The second-order valence-electron chi connectivity index (χ2n) is 6.10.